The molecule has 5 nitrogen and oxygen atoms in total. The number of carbonyl (C=O) groups excluding carboxylic acids is 2. The molecule has 0 saturated heterocycles. The van der Waals surface area contributed by atoms with E-state index in [1.165, 1.54) is 148 Å². The number of hydrogen-bond acceptors (Lipinski definition) is 5. The summed E-state index contributed by atoms with van der Waals surface area (Å²) in [6.45, 7) is 4.15. The molecule has 0 rings (SSSR count). The third kappa shape index (κ3) is 35.5. The number of allylic oxidation sites excluding steroid dienone is 2. The number of rotatable bonds is 37. The van der Waals surface area contributed by atoms with Gasteiger partial charge in [0, 0.05) is 12.8 Å². The summed E-state index contributed by atoms with van der Waals surface area (Å²) in [6, 6.07) is 0. The zero-order valence-electron chi connectivity index (χ0n) is 30.9. The number of esters is 2. The lowest BCUT2D eigenvalue weighted by Crippen LogP contribution is -2.28. The van der Waals surface area contributed by atoms with Gasteiger partial charge in [0.25, 0.3) is 0 Å². The first-order chi connectivity index (χ1) is 22.6. The summed E-state index contributed by atoms with van der Waals surface area (Å²) in [7, 11) is 0. The monoisotopic (exact) mass is 651 g/mol. The standard InChI is InChI=1S/C41H78O5/c1-3-5-7-9-11-13-15-17-19-21-23-25-27-29-31-33-35-40(43)45-38-39(37-42)46-41(44)36-34-32-30-28-26-24-22-20-18-16-14-12-10-8-6-4-2/h19,21,39,42H,3-18,20,22-38H2,1-2H3/b21-19-/t39-/m0/s1. The van der Waals surface area contributed by atoms with E-state index in [-0.39, 0.29) is 25.2 Å². The van der Waals surface area contributed by atoms with E-state index in [4.69, 9.17) is 9.47 Å². The fourth-order valence-corrected chi connectivity index (χ4v) is 5.96. The molecule has 0 unspecified atom stereocenters. The van der Waals surface area contributed by atoms with Gasteiger partial charge in [-0.1, -0.05) is 180 Å². The summed E-state index contributed by atoms with van der Waals surface area (Å²) in [5, 5.41) is 9.55. The van der Waals surface area contributed by atoms with Crippen LogP contribution in [0.15, 0.2) is 12.2 Å². The Hall–Kier alpha value is -1.36. The summed E-state index contributed by atoms with van der Waals surface area (Å²) in [6.07, 6.45) is 42.7. The molecule has 0 spiro atoms. The van der Waals surface area contributed by atoms with Crippen LogP contribution in [0.4, 0.5) is 0 Å². The van der Waals surface area contributed by atoms with Crippen LogP contribution in [0.3, 0.4) is 0 Å². The van der Waals surface area contributed by atoms with E-state index in [2.05, 4.69) is 26.0 Å². The van der Waals surface area contributed by atoms with Crippen LogP contribution in [-0.4, -0.2) is 36.4 Å². The molecule has 0 aromatic heterocycles. The number of ether oxygens (including phenoxy) is 2. The van der Waals surface area contributed by atoms with Gasteiger partial charge in [-0.25, -0.2) is 0 Å². The zero-order valence-corrected chi connectivity index (χ0v) is 30.9. The maximum absolute atomic E-state index is 12.2. The van der Waals surface area contributed by atoms with E-state index in [0.717, 1.165) is 44.9 Å². The smallest absolute Gasteiger partial charge is 0.306 e. The van der Waals surface area contributed by atoms with Crippen LogP contribution in [0.1, 0.15) is 219 Å². The second-order valence-electron chi connectivity index (χ2n) is 13.7. The van der Waals surface area contributed by atoms with Crippen molar-refractivity contribution in [3.8, 4) is 0 Å². The van der Waals surface area contributed by atoms with E-state index in [9.17, 15) is 14.7 Å². The Balaban J connectivity index is 3.52. The molecule has 0 heterocycles. The number of hydrogen-bond donors (Lipinski definition) is 1. The average molecular weight is 651 g/mol. The van der Waals surface area contributed by atoms with Gasteiger partial charge >= 0.3 is 11.9 Å². The molecule has 0 aliphatic carbocycles. The SMILES string of the molecule is CCCCCCCCC/C=C\CCCCCCCC(=O)OC[C@H](CO)OC(=O)CCCCCCCCCCCCCCCCCC. The topological polar surface area (TPSA) is 72.8 Å². The van der Waals surface area contributed by atoms with E-state index in [1.54, 1.807) is 0 Å². The lowest BCUT2D eigenvalue weighted by atomic mass is 10.0. The molecule has 0 aromatic rings. The zero-order chi connectivity index (χ0) is 33.6. The molecule has 0 fully saturated rings. The summed E-state index contributed by atoms with van der Waals surface area (Å²) in [5.41, 5.74) is 0. The Labute approximate surface area is 286 Å². The van der Waals surface area contributed by atoms with Crippen LogP contribution >= 0.6 is 0 Å². The molecule has 0 amide bonds. The van der Waals surface area contributed by atoms with E-state index in [1.807, 2.05) is 0 Å². The number of unbranched alkanes of at least 4 members (excludes halogenated alkanes) is 27. The molecular weight excluding hydrogens is 572 g/mol. The van der Waals surface area contributed by atoms with Crippen LogP contribution in [0.2, 0.25) is 0 Å². The Bertz CT molecular complexity index is 661. The molecule has 5 heteroatoms. The predicted molar refractivity (Wildman–Crippen MR) is 196 cm³/mol. The molecule has 46 heavy (non-hydrogen) atoms. The van der Waals surface area contributed by atoms with Gasteiger partial charge in [-0.2, -0.15) is 0 Å². The average Bonchev–Trinajstić information content (AvgIpc) is 3.06. The Kier molecular flexibility index (Phi) is 37.0. The minimum absolute atomic E-state index is 0.0643. The maximum atomic E-state index is 12.2. The van der Waals surface area contributed by atoms with Gasteiger partial charge in [-0.3, -0.25) is 9.59 Å². The summed E-state index contributed by atoms with van der Waals surface area (Å²) >= 11 is 0. The second-order valence-corrected chi connectivity index (χ2v) is 13.7. The number of carbonyl (C=O) groups is 2. The van der Waals surface area contributed by atoms with Crippen LogP contribution < -0.4 is 0 Å². The van der Waals surface area contributed by atoms with E-state index < -0.39 is 6.10 Å². The van der Waals surface area contributed by atoms with Crippen LogP contribution in [0.5, 0.6) is 0 Å². The molecule has 0 bridgehead atoms. The van der Waals surface area contributed by atoms with Crippen molar-refractivity contribution in [2.75, 3.05) is 13.2 Å². The fourth-order valence-electron chi connectivity index (χ4n) is 5.96. The van der Waals surface area contributed by atoms with E-state index in [0.29, 0.717) is 12.8 Å². The van der Waals surface area contributed by atoms with Crippen molar-refractivity contribution in [3.05, 3.63) is 12.2 Å². The Morgan fingerprint density at radius 1 is 0.478 bits per heavy atom. The highest BCUT2D eigenvalue weighted by atomic mass is 16.6. The predicted octanol–water partition coefficient (Wildman–Crippen LogP) is 12.5. The molecule has 0 aliphatic heterocycles. The van der Waals surface area contributed by atoms with Crippen molar-refractivity contribution in [2.45, 2.75) is 225 Å². The first-order valence-electron chi connectivity index (χ1n) is 20.2. The quantitative estimate of drug-likeness (QED) is 0.0411. The first kappa shape index (κ1) is 44.6. The van der Waals surface area contributed by atoms with Gasteiger partial charge in [0.2, 0.25) is 0 Å². The normalized spacial score (nSPS) is 12.2. The lowest BCUT2D eigenvalue weighted by molar-refractivity contribution is -0.161. The molecule has 1 N–H and O–H groups in total. The summed E-state index contributed by atoms with van der Waals surface area (Å²) in [5.74, 6) is -0.589. The molecule has 0 aromatic carbocycles. The molecule has 0 radical (unpaired) electrons. The maximum Gasteiger partial charge on any atom is 0.306 e. The fraction of sp³-hybridized carbons (Fsp3) is 0.902. The largest absolute Gasteiger partial charge is 0.462 e. The Morgan fingerprint density at radius 3 is 1.17 bits per heavy atom. The van der Waals surface area contributed by atoms with Gasteiger partial charge in [0.15, 0.2) is 6.10 Å². The van der Waals surface area contributed by atoms with Gasteiger partial charge in [-0.15, -0.1) is 0 Å². The van der Waals surface area contributed by atoms with Gasteiger partial charge < -0.3 is 14.6 Å². The van der Waals surface area contributed by atoms with Crippen molar-refractivity contribution in [2.24, 2.45) is 0 Å². The van der Waals surface area contributed by atoms with Gasteiger partial charge in [0.05, 0.1) is 6.61 Å². The number of aliphatic hydroxyl groups is 1. The summed E-state index contributed by atoms with van der Waals surface area (Å²) in [4.78, 5) is 24.2. The van der Waals surface area contributed by atoms with Crippen molar-refractivity contribution in [1.29, 1.82) is 0 Å². The van der Waals surface area contributed by atoms with Crippen molar-refractivity contribution in [3.63, 3.8) is 0 Å². The van der Waals surface area contributed by atoms with Crippen LogP contribution in [0.25, 0.3) is 0 Å². The second kappa shape index (κ2) is 38.1. The molecule has 0 aliphatic rings. The summed E-state index contributed by atoms with van der Waals surface area (Å²) < 4.78 is 10.6. The van der Waals surface area contributed by atoms with Crippen molar-refractivity contribution < 1.29 is 24.2 Å². The number of aliphatic hydroxyl groups excluding tert-OH is 1. The first-order valence-corrected chi connectivity index (χ1v) is 20.2. The highest BCUT2D eigenvalue weighted by molar-refractivity contribution is 5.70. The highest BCUT2D eigenvalue weighted by Crippen LogP contribution is 2.15. The lowest BCUT2D eigenvalue weighted by Gasteiger charge is -2.15. The third-order valence-electron chi connectivity index (χ3n) is 9.06. The highest BCUT2D eigenvalue weighted by Gasteiger charge is 2.16. The van der Waals surface area contributed by atoms with Gasteiger partial charge in [-0.05, 0) is 38.5 Å². The molecule has 272 valence electrons. The van der Waals surface area contributed by atoms with Gasteiger partial charge in [0.1, 0.15) is 6.61 Å². The van der Waals surface area contributed by atoms with Crippen LogP contribution in [0, 0.1) is 0 Å². The Morgan fingerprint density at radius 2 is 0.804 bits per heavy atom. The molecular formula is C41H78O5. The minimum atomic E-state index is -0.767. The van der Waals surface area contributed by atoms with Crippen molar-refractivity contribution >= 4 is 11.9 Å². The van der Waals surface area contributed by atoms with Crippen molar-refractivity contribution in [1.82, 2.24) is 0 Å². The molecule has 0 saturated carbocycles. The van der Waals surface area contributed by atoms with E-state index >= 15 is 0 Å². The molecule has 1 atom stereocenters. The third-order valence-corrected chi connectivity index (χ3v) is 9.06. The minimum Gasteiger partial charge on any atom is -0.462 e. The van der Waals surface area contributed by atoms with Crippen LogP contribution in [-0.2, 0) is 19.1 Å².